The fourth-order valence-corrected chi connectivity index (χ4v) is 4.76. The minimum Gasteiger partial charge on any atom is -0.454 e. The molecular weight excluding hydrogens is 364 g/mol. The number of anilines is 2. The van der Waals surface area contributed by atoms with Crippen LogP contribution in [-0.4, -0.2) is 17.3 Å². The molecule has 0 radical (unpaired) electrons. The summed E-state index contributed by atoms with van der Waals surface area (Å²) in [5.41, 5.74) is 1.71. The Morgan fingerprint density at radius 1 is 1.04 bits per heavy atom. The molecule has 27 heavy (non-hydrogen) atoms. The summed E-state index contributed by atoms with van der Waals surface area (Å²) in [6.45, 7) is 0.202. The Morgan fingerprint density at radius 2 is 1.81 bits per heavy atom. The van der Waals surface area contributed by atoms with E-state index in [1.807, 2.05) is 48.5 Å². The van der Waals surface area contributed by atoms with Crippen molar-refractivity contribution in [3.05, 3.63) is 68.6 Å². The molecule has 0 bridgehead atoms. The van der Waals surface area contributed by atoms with E-state index in [-0.39, 0.29) is 23.5 Å². The summed E-state index contributed by atoms with van der Waals surface area (Å²) in [6, 6.07) is 15.1. The van der Waals surface area contributed by atoms with E-state index in [1.165, 1.54) is 11.3 Å². The summed E-state index contributed by atoms with van der Waals surface area (Å²) in [7, 11) is 1.71. The monoisotopic (exact) mass is 380 g/mol. The van der Waals surface area contributed by atoms with Crippen LogP contribution in [0.4, 0.5) is 11.5 Å². The Kier molecular flexibility index (Phi) is 3.58. The van der Waals surface area contributed by atoms with E-state index in [9.17, 15) is 9.59 Å². The minimum absolute atomic E-state index is 0.0373. The molecule has 136 valence electrons. The Bertz CT molecular complexity index is 1100. The maximum absolute atomic E-state index is 13.1. The fraction of sp³-hybridized carbons (Fsp3) is 0.200. The summed E-state index contributed by atoms with van der Waals surface area (Å²) in [4.78, 5) is 28.0. The lowest BCUT2D eigenvalue weighted by atomic mass is 9.90. The number of aromatic nitrogens is 1. The highest BCUT2D eigenvalue weighted by Gasteiger charge is 2.37. The molecule has 1 amide bonds. The van der Waals surface area contributed by atoms with Crippen LogP contribution in [0.1, 0.15) is 22.8 Å². The second-order valence-electron chi connectivity index (χ2n) is 6.55. The third-order valence-corrected chi connectivity index (χ3v) is 6.11. The van der Waals surface area contributed by atoms with Gasteiger partial charge in [0, 0.05) is 19.4 Å². The molecule has 0 N–H and O–H groups in total. The standard InChI is InChI=1S/C20H16N2O4S/c1-21-19-18(27-20(21)24)14(12-7-8-15-16(9-12)26-11-25-15)10-17(23)22(19)13-5-3-2-4-6-13/h2-9,14H,10-11H2,1H3/t14-/m1/s1. The zero-order valence-corrected chi connectivity index (χ0v) is 15.4. The molecule has 0 fully saturated rings. The smallest absolute Gasteiger partial charge is 0.308 e. The highest BCUT2D eigenvalue weighted by molar-refractivity contribution is 7.10. The van der Waals surface area contributed by atoms with Gasteiger partial charge in [0.2, 0.25) is 12.7 Å². The zero-order chi connectivity index (χ0) is 18.5. The lowest BCUT2D eigenvalue weighted by molar-refractivity contribution is -0.118. The van der Waals surface area contributed by atoms with Gasteiger partial charge in [-0.1, -0.05) is 35.6 Å². The summed E-state index contributed by atoms with van der Waals surface area (Å²) < 4.78 is 12.4. The molecule has 3 aromatic rings. The fourth-order valence-electron chi connectivity index (χ4n) is 3.67. The molecule has 1 atom stereocenters. The lowest BCUT2D eigenvalue weighted by Gasteiger charge is -2.32. The van der Waals surface area contributed by atoms with Gasteiger partial charge in [-0.15, -0.1) is 0 Å². The number of hydrogen-bond acceptors (Lipinski definition) is 5. The van der Waals surface area contributed by atoms with Gasteiger partial charge < -0.3 is 9.47 Å². The molecule has 3 heterocycles. The van der Waals surface area contributed by atoms with Gasteiger partial charge in [0.1, 0.15) is 5.82 Å². The number of rotatable bonds is 2. The van der Waals surface area contributed by atoms with Crippen LogP contribution in [0.2, 0.25) is 0 Å². The first-order valence-corrected chi connectivity index (χ1v) is 9.42. The number of carbonyl (C=O) groups excluding carboxylic acids is 1. The van der Waals surface area contributed by atoms with E-state index in [0.29, 0.717) is 23.7 Å². The molecule has 2 aliphatic heterocycles. The van der Waals surface area contributed by atoms with E-state index < -0.39 is 0 Å². The minimum atomic E-state index is -0.180. The van der Waals surface area contributed by atoms with E-state index in [0.717, 1.165) is 16.1 Å². The first-order valence-electron chi connectivity index (χ1n) is 8.61. The van der Waals surface area contributed by atoms with Crippen molar-refractivity contribution >= 4 is 28.7 Å². The van der Waals surface area contributed by atoms with Crippen molar-refractivity contribution in [3.63, 3.8) is 0 Å². The van der Waals surface area contributed by atoms with Gasteiger partial charge in [-0.25, -0.2) is 0 Å². The Hall–Kier alpha value is -3.06. The number of benzene rings is 2. The van der Waals surface area contributed by atoms with Crippen molar-refractivity contribution in [1.29, 1.82) is 0 Å². The predicted molar refractivity (Wildman–Crippen MR) is 102 cm³/mol. The van der Waals surface area contributed by atoms with Crippen LogP contribution in [0.5, 0.6) is 11.5 Å². The number of fused-ring (bicyclic) bond motifs is 2. The normalized spacial score (nSPS) is 17.9. The van der Waals surface area contributed by atoms with E-state index in [4.69, 9.17) is 9.47 Å². The van der Waals surface area contributed by atoms with Crippen LogP contribution >= 0.6 is 11.3 Å². The van der Waals surface area contributed by atoms with Crippen molar-refractivity contribution in [3.8, 4) is 11.5 Å². The Morgan fingerprint density at radius 3 is 2.63 bits per heavy atom. The molecule has 0 saturated carbocycles. The largest absolute Gasteiger partial charge is 0.454 e. The molecule has 0 unspecified atom stereocenters. The average molecular weight is 380 g/mol. The predicted octanol–water partition coefficient (Wildman–Crippen LogP) is 3.38. The van der Waals surface area contributed by atoms with Gasteiger partial charge in [0.15, 0.2) is 11.5 Å². The molecular formula is C20H16N2O4S. The Balaban J connectivity index is 1.67. The maximum atomic E-state index is 13.1. The molecule has 2 aliphatic rings. The van der Waals surface area contributed by atoms with Crippen LogP contribution in [0, 0.1) is 0 Å². The number of ether oxygens (including phenoxy) is 2. The van der Waals surface area contributed by atoms with Crippen molar-refractivity contribution in [2.75, 3.05) is 11.7 Å². The second kappa shape index (κ2) is 5.99. The number of thiazole rings is 1. The van der Waals surface area contributed by atoms with Gasteiger partial charge in [-0.2, -0.15) is 0 Å². The highest BCUT2D eigenvalue weighted by atomic mass is 32.1. The summed E-state index contributed by atoms with van der Waals surface area (Å²) in [6.07, 6.45) is 0.293. The van der Waals surface area contributed by atoms with Gasteiger partial charge in [0.25, 0.3) is 0 Å². The van der Waals surface area contributed by atoms with Gasteiger partial charge in [-0.05, 0) is 29.8 Å². The number of hydrogen-bond donors (Lipinski definition) is 0. The van der Waals surface area contributed by atoms with Crippen LogP contribution in [0.15, 0.2) is 53.3 Å². The van der Waals surface area contributed by atoms with E-state index >= 15 is 0 Å². The molecule has 5 rings (SSSR count). The zero-order valence-electron chi connectivity index (χ0n) is 14.5. The average Bonchev–Trinajstić information content (AvgIpc) is 3.27. The van der Waals surface area contributed by atoms with Crippen molar-refractivity contribution in [2.45, 2.75) is 12.3 Å². The lowest BCUT2D eigenvalue weighted by Crippen LogP contribution is -2.34. The second-order valence-corrected chi connectivity index (χ2v) is 7.54. The SMILES string of the molecule is Cn1c2c(sc1=O)[C@@H](c1ccc3c(c1)OCO3)CC(=O)N2c1ccccc1. The number of para-hydroxylation sites is 1. The topological polar surface area (TPSA) is 60.8 Å². The third-order valence-electron chi connectivity index (χ3n) is 4.98. The highest BCUT2D eigenvalue weighted by Crippen LogP contribution is 2.46. The van der Waals surface area contributed by atoms with Crippen LogP contribution in [0.3, 0.4) is 0 Å². The Labute approximate surface area is 159 Å². The van der Waals surface area contributed by atoms with Crippen LogP contribution in [0.25, 0.3) is 0 Å². The van der Waals surface area contributed by atoms with Crippen molar-refractivity contribution < 1.29 is 14.3 Å². The van der Waals surface area contributed by atoms with Crippen molar-refractivity contribution in [2.24, 2.45) is 7.05 Å². The molecule has 0 spiro atoms. The number of carbonyl (C=O) groups is 1. The van der Waals surface area contributed by atoms with Crippen LogP contribution < -0.4 is 19.2 Å². The summed E-state index contributed by atoms with van der Waals surface area (Å²) in [5, 5.41) is 0. The number of amides is 1. The summed E-state index contributed by atoms with van der Waals surface area (Å²) >= 11 is 1.19. The molecule has 0 saturated heterocycles. The third kappa shape index (κ3) is 2.46. The first-order chi connectivity index (χ1) is 13.1. The van der Waals surface area contributed by atoms with Gasteiger partial charge >= 0.3 is 4.87 Å². The molecule has 2 aromatic carbocycles. The summed E-state index contributed by atoms with van der Waals surface area (Å²) in [5.74, 6) is 1.81. The van der Waals surface area contributed by atoms with Gasteiger partial charge in [-0.3, -0.25) is 19.1 Å². The van der Waals surface area contributed by atoms with Crippen LogP contribution in [-0.2, 0) is 11.8 Å². The molecule has 1 aromatic heterocycles. The molecule has 6 nitrogen and oxygen atoms in total. The van der Waals surface area contributed by atoms with Crippen molar-refractivity contribution in [1.82, 2.24) is 4.57 Å². The molecule has 7 heteroatoms. The first kappa shape index (κ1) is 16.1. The van der Waals surface area contributed by atoms with E-state index in [1.54, 1.807) is 16.5 Å². The molecule has 0 aliphatic carbocycles. The van der Waals surface area contributed by atoms with Gasteiger partial charge in [0.05, 0.1) is 10.6 Å². The number of nitrogens with zero attached hydrogens (tertiary/aromatic N) is 2. The maximum Gasteiger partial charge on any atom is 0.308 e. The quantitative estimate of drug-likeness (QED) is 0.684. The van der Waals surface area contributed by atoms with E-state index in [2.05, 4.69) is 0 Å².